The summed E-state index contributed by atoms with van der Waals surface area (Å²) in [6, 6.07) is 2.74. The van der Waals surface area contributed by atoms with E-state index in [2.05, 4.69) is 0 Å². The summed E-state index contributed by atoms with van der Waals surface area (Å²) in [5.41, 5.74) is 0. The molecule has 0 N–H and O–H groups in total. The van der Waals surface area contributed by atoms with Crippen LogP contribution in [0.4, 0.5) is 22.0 Å². The third-order valence-electron chi connectivity index (χ3n) is 1.30. The number of hydrogen-bond acceptors (Lipinski definition) is 3. The summed E-state index contributed by atoms with van der Waals surface area (Å²) in [6.45, 7) is 0. The molecule has 0 atom stereocenters. The van der Waals surface area contributed by atoms with Crippen molar-refractivity contribution in [2.75, 3.05) is 0 Å². The fourth-order valence-electron chi connectivity index (χ4n) is 0.593. The molecule has 0 saturated carbocycles. The van der Waals surface area contributed by atoms with Gasteiger partial charge in [0.15, 0.2) is 0 Å². The molecule has 0 spiro atoms. The highest BCUT2D eigenvalue weighted by Crippen LogP contribution is 2.41. The fourth-order valence-corrected chi connectivity index (χ4v) is 2.20. The lowest BCUT2D eigenvalue weighted by molar-refractivity contribution is -0.264. The largest absolute Gasteiger partial charge is 0.462 e. The summed E-state index contributed by atoms with van der Waals surface area (Å²) in [5.74, 6) is -5.30. The highest BCUT2D eigenvalue weighted by atomic mass is 32.2. The first-order valence-corrected chi connectivity index (χ1v) is 5.15. The first-order chi connectivity index (χ1) is 6.75. The van der Waals surface area contributed by atoms with Crippen molar-refractivity contribution in [2.24, 2.45) is 0 Å². The van der Waals surface area contributed by atoms with E-state index in [0.717, 1.165) is 11.3 Å². The molecule has 0 aromatic carbocycles. The van der Waals surface area contributed by atoms with Gasteiger partial charge < -0.3 is 0 Å². The Hall–Kier alpha value is -0.630. The van der Waals surface area contributed by atoms with Crippen LogP contribution in [0.15, 0.2) is 21.7 Å². The van der Waals surface area contributed by atoms with Gasteiger partial charge in [-0.15, -0.1) is 11.3 Å². The minimum Gasteiger partial charge on any atom is -0.279 e. The maximum absolute atomic E-state index is 12.4. The molecule has 8 heteroatoms. The number of carbonyl (C=O) groups excluding carboxylic acids is 1. The minimum atomic E-state index is -5.84. The van der Waals surface area contributed by atoms with Crippen molar-refractivity contribution in [2.45, 2.75) is 16.3 Å². The van der Waals surface area contributed by atoms with Crippen LogP contribution in [0.3, 0.4) is 0 Å². The first kappa shape index (κ1) is 12.4. The molecule has 1 aromatic heterocycles. The zero-order valence-electron chi connectivity index (χ0n) is 6.85. The molecule has 0 unspecified atom stereocenters. The Bertz CT molecular complexity index is 343. The molecule has 0 bridgehead atoms. The topological polar surface area (TPSA) is 17.1 Å². The molecule has 15 heavy (non-hydrogen) atoms. The summed E-state index contributed by atoms with van der Waals surface area (Å²) in [4.78, 5) is 10.7. The SMILES string of the molecule is O=C(Sc1cccs1)C(F)(F)C(F)(F)F. The summed E-state index contributed by atoms with van der Waals surface area (Å²) >= 11 is 0.813. The predicted octanol–water partition coefficient (Wildman–Crippen LogP) is 3.56. The van der Waals surface area contributed by atoms with Gasteiger partial charge in [-0.2, -0.15) is 22.0 Å². The van der Waals surface area contributed by atoms with E-state index in [9.17, 15) is 26.7 Å². The minimum absolute atomic E-state index is 0.101. The number of carbonyl (C=O) groups is 1. The zero-order valence-corrected chi connectivity index (χ0v) is 8.48. The second-order valence-electron chi connectivity index (χ2n) is 2.39. The maximum atomic E-state index is 12.4. The number of thiophene rings is 1. The van der Waals surface area contributed by atoms with Crippen LogP contribution in [-0.4, -0.2) is 17.2 Å². The van der Waals surface area contributed by atoms with Gasteiger partial charge in [0.05, 0.1) is 4.21 Å². The van der Waals surface area contributed by atoms with Crippen LogP contribution in [0.1, 0.15) is 0 Å². The second kappa shape index (κ2) is 4.09. The second-order valence-corrected chi connectivity index (χ2v) is 4.61. The zero-order chi connectivity index (χ0) is 11.7. The molecule has 0 aliphatic heterocycles. The van der Waals surface area contributed by atoms with Crippen molar-refractivity contribution < 1.29 is 26.7 Å². The van der Waals surface area contributed by atoms with E-state index in [1.807, 2.05) is 0 Å². The molecule has 0 radical (unpaired) electrons. The average Bonchev–Trinajstić information content (AvgIpc) is 2.54. The number of rotatable bonds is 2. The number of halogens is 5. The molecule has 0 aliphatic rings. The van der Waals surface area contributed by atoms with Crippen molar-refractivity contribution in [3.05, 3.63) is 17.5 Å². The Morgan fingerprint density at radius 3 is 2.27 bits per heavy atom. The van der Waals surface area contributed by atoms with E-state index in [1.165, 1.54) is 17.5 Å². The van der Waals surface area contributed by atoms with Gasteiger partial charge in [-0.3, -0.25) is 4.79 Å². The molecular formula is C7H3F5OS2. The Kier molecular flexibility index (Phi) is 3.39. The first-order valence-electron chi connectivity index (χ1n) is 3.45. The molecular weight excluding hydrogens is 259 g/mol. The van der Waals surface area contributed by atoms with Crippen LogP contribution in [0.25, 0.3) is 0 Å². The van der Waals surface area contributed by atoms with E-state index >= 15 is 0 Å². The van der Waals surface area contributed by atoms with Crippen LogP contribution >= 0.6 is 23.1 Å². The summed E-state index contributed by atoms with van der Waals surface area (Å²) < 4.78 is 60.1. The third kappa shape index (κ3) is 2.69. The van der Waals surface area contributed by atoms with Crippen LogP contribution in [0.5, 0.6) is 0 Å². The lowest BCUT2D eigenvalue weighted by atomic mass is 10.4. The van der Waals surface area contributed by atoms with E-state index in [1.54, 1.807) is 0 Å². The molecule has 0 saturated heterocycles. The standard InChI is InChI=1S/C7H3F5OS2/c8-6(9,7(10,11)12)5(13)15-4-2-1-3-14-4/h1-3H. The fraction of sp³-hybridized carbons (Fsp3) is 0.286. The molecule has 0 aliphatic carbocycles. The quantitative estimate of drug-likeness (QED) is 0.598. The van der Waals surface area contributed by atoms with Crippen LogP contribution < -0.4 is 0 Å². The highest BCUT2D eigenvalue weighted by Gasteiger charge is 2.63. The predicted molar refractivity (Wildman–Crippen MR) is 46.2 cm³/mol. The van der Waals surface area contributed by atoms with Gasteiger partial charge in [-0.25, -0.2) is 0 Å². The molecule has 0 amide bonds. The Morgan fingerprint density at radius 2 is 1.87 bits per heavy atom. The summed E-state index contributed by atoms with van der Waals surface area (Å²) in [5, 5.41) is -0.737. The van der Waals surface area contributed by atoms with Gasteiger partial charge in [0.2, 0.25) is 0 Å². The lowest BCUT2D eigenvalue weighted by Crippen LogP contribution is -2.42. The average molecular weight is 262 g/mol. The molecule has 1 nitrogen and oxygen atoms in total. The number of thioether (sulfide) groups is 1. The van der Waals surface area contributed by atoms with Crippen molar-refractivity contribution in [1.82, 2.24) is 0 Å². The van der Waals surface area contributed by atoms with Gasteiger partial charge in [-0.05, 0) is 23.2 Å². The monoisotopic (exact) mass is 262 g/mol. The number of hydrogen-bond donors (Lipinski definition) is 0. The van der Waals surface area contributed by atoms with Crippen molar-refractivity contribution in [1.29, 1.82) is 0 Å². The van der Waals surface area contributed by atoms with E-state index in [4.69, 9.17) is 0 Å². The van der Waals surface area contributed by atoms with Gasteiger partial charge in [-0.1, -0.05) is 6.07 Å². The van der Waals surface area contributed by atoms with Crippen LogP contribution in [-0.2, 0) is 4.79 Å². The molecule has 1 aromatic rings. The lowest BCUT2D eigenvalue weighted by Gasteiger charge is -2.16. The Balaban J connectivity index is 2.77. The van der Waals surface area contributed by atoms with E-state index < -0.39 is 17.2 Å². The van der Waals surface area contributed by atoms with Gasteiger partial charge in [0.25, 0.3) is 5.12 Å². The van der Waals surface area contributed by atoms with Gasteiger partial charge in [0.1, 0.15) is 0 Å². The normalized spacial score (nSPS) is 12.9. The number of alkyl halides is 5. The smallest absolute Gasteiger partial charge is 0.279 e. The van der Waals surface area contributed by atoms with Crippen LogP contribution in [0, 0.1) is 0 Å². The maximum Gasteiger partial charge on any atom is 0.462 e. The molecule has 1 heterocycles. The van der Waals surface area contributed by atoms with Gasteiger partial charge in [0, 0.05) is 0 Å². The summed E-state index contributed by atoms with van der Waals surface area (Å²) in [6.07, 6.45) is -5.84. The molecule has 1 rings (SSSR count). The van der Waals surface area contributed by atoms with E-state index in [-0.39, 0.29) is 16.0 Å². The Morgan fingerprint density at radius 1 is 1.27 bits per heavy atom. The molecule has 0 fully saturated rings. The Labute approximate surface area is 89.3 Å². The van der Waals surface area contributed by atoms with Gasteiger partial charge >= 0.3 is 12.1 Å². The highest BCUT2D eigenvalue weighted by molar-refractivity contribution is 8.15. The van der Waals surface area contributed by atoms with Crippen molar-refractivity contribution in [3.63, 3.8) is 0 Å². The summed E-state index contributed by atoms with van der Waals surface area (Å²) in [7, 11) is 0. The third-order valence-corrected chi connectivity index (χ3v) is 3.28. The van der Waals surface area contributed by atoms with Crippen molar-refractivity contribution in [3.8, 4) is 0 Å². The molecule has 84 valence electrons. The van der Waals surface area contributed by atoms with Crippen molar-refractivity contribution >= 4 is 28.2 Å². The van der Waals surface area contributed by atoms with Crippen LogP contribution in [0.2, 0.25) is 0 Å². The van der Waals surface area contributed by atoms with E-state index in [0.29, 0.717) is 0 Å².